The molecule has 0 radical (unpaired) electrons. The third kappa shape index (κ3) is 56.4. The average molecular weight is 1360 g/mol. The van der Waals surface area contributed by atoms with Crippen LogP contribution >= 0.6 is 0 Å². The summed E-state index contributed by atoms with van der Waals surface area (Å²) in [6.45, 7) is 10.6. The van der Waals surface area contributed by atoms with E-state index in [1.807, 2.05) is 0 Å². The number of hydrogen-bond acceptors (Lipinski definition) is 28. The van der Waals surface area contributed by atoms with Gasteiger partial charge in [0.1, 0.15) is 5.54 Å². The Balaban J connectivity index is 2.63. The molecular formula is C60H110N6O28. The standard InChI is InChI=1S/C60H110N6O28/c1-75-17-9-53(68)62-14-22-80-27-32-85-37-40-88-43-46-91-49-60(50-92-47-44-89-41-38-86-33-28-81-23-15-63-54(69)10-18-76-2,51-93-48-45-90-42-39-87-34-29-82-24-16-64-55(70)11-19-77-3)65-56(71)12-20-78-25-30-83-35-36-84-31-26-79-21-13-61-52(67)5-4-6-59(74)94-66-57(72)7-8-58(66)73/h4-51H2,1-3H3,(H,61,67)(H,62,68)(H,63,69)(H,64,70)(H,65,71). The molecule has 1 aliphatic heterocycles. The number of hydrogen-bond donors (Lipinski definition) is 5. The summed E-state index contributed by atoms with van der Waals surface area (Å²) in [5.74, 6) is -2.84. The third-order valence-corrected chi connectivity index (χ3v) is 12.3. The molecule has 34 nitrogen and oxygen atoms in total. The molecule has 1 rings (SSSR count). The summed E-state index contributed by atoms with van der Waals surface area (Å²) in [6, 6.07) is 0. The largest absolute Gasteiger partial charge is 0.384 e. The lowest BCUT2D eigenvalue weighted by atomic mass is 10.0. The van der Waals surface area contributed by atoms with Crippen LogP contribution in [0.25, 0.3) is 0 Å². The highest BCUT2D eigenvalue weighted by molar-refractivity contribution is 6.01. The van der Waals surface area contributed by atoms with Gasteiger partial charge >= 0.3 is 5.97 Å². The SMILES string of the molecule is COCCC(=O)NCCOCCOCCOCCOCC(COCCOCCOCCOCCNC(=O)CCOC)(COCCOCCOCCOCCNC(=O)CCOC)NC(=O)CCOCCOCCOCCOCCNC(=O)CCCC(=O)ON1C(=O)CCC1=O. The van der Waals surface area contributed by atoms with Crippen LogP contribution in [0.5, 0.6) is 0 Å². The monoisotopic (exact) mass is 1360 g/mol. The minimum atomic E-state index is -1.17. The Morgan fingerprint density at radius 1 is 0.309 bits per heavy atom. The molecule has 0 atom stereocenters. The van der Waals surface area contributed by atoms with Crippen LogP contribution in [0.15, 0.2) is 0 Å². The first-order chi connectivity index (χ1) is 45.9. The molecule has 1 heterocycles. The molecule has 34 heteroatoms. The van der Waals surface area contributed by atoms with Crippen molar-refractivity contribution < 1.29 is 133 Å². The molecule has 0 aromatic carbocycles. The van der Waals surface area contributed by atoms with Gasteiger partial charge in [-0.2, -0.15) is 0 Å². The van der Waals surface area contributed by atoms with Crippen molar-refractivity contribution >= 4 is 47.3 Å². The lowest BCUT2D eigenvalue weighted by Gasteiger charge is -2.34. The summed E-state index contributed by atoms with van der Waals surface area (Å²) in [5, 5.41) is 14.5. The van der Waals surface area contributed by atoms with Crippen molar-refractivity contribution in [3.63, 3.8) is 0 Å². The van der Waals surface area contributed by atoms with Gasteiger partial charge in [-0.05, 0) is 6.42 Å². The van der Waals surface area contributed by atoms with E-state index in [0.717, 1.165) is 0 Å². The van der Waals surface area contributed by atoms with Crippen molar-refractivity contribution in [3.05, 3.63) is 0 Å². The molecule has 0 saturated carbocycles. The minimum absolute atomic E-state index is 0.00233. The fourth-order valence-corrected chi connectivity index (χ4v) is 7.49. The maximum absolute atomic E-state index is 13.6. The highest BCUT2D eigenvalue weighted by atomic mass is 16.7. The summed E-state index contributed by atoms with van der Waals surface area (Å²) >= 11 is 0. The summed E-state index contributed by atoms with van der Waals surface area (Å²) in [7, 11) is 4.61. The molecule has 7 amide bonds. The van der Waals surface area contributed by atoms with Crippen molar-refractivity contribution in [1.82, 2.24) is 31.6 Å². The lowest BCUT2D eigenvalue weighted by Crippen LogP contribution is -2.59. The van der Waals surface area contributed by atoms with Gasteiger partial charge in [-0.1, -0.05) is 0 Å². The summed E-state index contributed by atoms with van der Waals surface area (Å²) < 4.78 is 106. The van der Waals surface area contributed by atoms with Gasteiger partial charge in [0.15, 0.2) is 0 Å². The molecule has 1 aliphatic rings. The number of rotatable bonds is 72. The molecule has 1 fully saturated rings. The Hall–Kier alpha value is -4.80. The van der Waals surface area contributed by atoms with E-state index in [0.29, 0.717) is 163 Å². The Kier molecular flexibility index (Phi) is 60.8. The predicted octanol–water partition coefficient (Wildman–Crippen LogP) is -2.15. The maximum Gasteiger partial charge on any atom is 0.333 e. The van der Waals surface area contributed by atoms with Gasteiger partial charge in [-0.3, -0.25) is 33.6 Å². The van der Waals surface area contributed by atoms with Crippen LogP contribution < -0.4 is 26.6 Å². The molecule has 1 saturated heterocycles. The second-order valence-electron chi connectivity index (χ2n) is 20.2. The number of nitrogens with one attached hydrogen (secondary N) is 5. The number of carbonyl (C=O) groups excluding carboxylic acids is 8. The van der Waals surface area contributed by atoms with Crippen molar-refractivity contribution in [2.45, 2.75) is 63.3 Å². The fraction of sp³-hybridized carbons (Fsp3) is 0.867. The molecule has 0 unspecified atom stereocenters. The second kappa shape index (κ2) is 65.5. The zero-order valence-corrected chi connectivity index (χ0v) is 55.8. The van der Waals surface area contributed by atoms with Crippen molar-refractivity contribution in [3.8, 4) is 0 Å². The Morgan fingerprint density at radius 2 is 0.553 bits per heavy atom. The Bertz CT molecular complexity index is 1770. The van der Waals surface area contributed by atoms with Gasteiger partial charge in [0.2, 0.25) is 29.5 Å². The van der Waals surface area contributed by atoms with Gasteiger partial charge in [-0.25, -0.2) is 4.79 Å². The third-order valence-electron chi connectivity index (χ3n) is 12.3. The maximum atomic E-state index is 13.6. The van der Waals surface area contributed by atoms with E-state index in [1.165, 1.54) is 21.3 Å². The first-order valence-corrected chi connectivity index (χ1v) is 32.1. The van der Waals surface area contributed by atoms with Crippen LogP contribution in [0.1, 0.15) is 57.8 Å². The molecule has 0 aliphatic carbocycles. The van der Waals surface area contributed by atoms with Gasteiger partial charge in [0.25, 0.3) is 11.8 Å². The second-order valence-corrected chi connectivity index (χ2v) is 20.2. The highest BCUT2D eigenvalue weighted by Crippen LogP contribution is 2.14. The van der Waals surface area contributed by atoms with Crippen LogP contribution in [0.2, 0.25) is 0 Å². The quantitative estimate of drug-likeness (QED) is 0.0320. The molecule has 0 aromatic heterocycles. The molecule has 548 valence electrons. The highest BCUT2D eigenvalue weighted by Gasteiger charge is 2.34. The van der Waals surface area contributed by atoms with E-state index in [1.54, 1.807) is 0 Å². The van der Waals surface area contributed by atoms with Gasteiger partial charge in [-0.15, -0.1) is 5.06 Å². The van der Waals surface area contributed by atoms with Crippen molar-refractivity contribution in [2.24, 2.45) is 0 Å². The molecule has 5 N–H and O–H groups in total. The molecule has 94 heavy (non-hydrogen) atoms. The van der Waals surface area contributed by atoms with Crippen LogP contribution in [0, 0.1) is 0 Å². The van der Waals surface area contributed by atoms with Crippen LogP contribution in [0.4, 0.5) is 0 Å². The number of ether oxygens (including phenoxy) is 19. The smallest absolute Gasteiger partial charge is 0.333 e. The molecule has 0 spiro atoms. The fourth-order valence-electron chi connectivity index (χ4n) is 7.49. The van der Waals surface area contributed by atoms with Crippen LogP contribution in [-0.4, -0.2) is 337 Å². The number of imide groups is 1. The predicted molar refractivity (Wildman–Crippen MR) is 331 cm³/mol. The number of nitrogens with zero attached hydrogens (tertiary/aromatic N) is 1. The first kappa shape index (κ1) is 87.2. The number of methoxy groups -OCH3 is 3. The van der Waals surface area contributed by atoms with E-state index in [2.05, 4.69) is 26.6 Å². The molecule has 0 aromatic rings. The van der Waals surface area contributed by atoms with Crippen molar-refractivity contribution in [1.29, 1.82) is 0 Å². The zero-order valence-electron chi connectivity index (χ0n) is 55.8. The number of hydroxylamine groups is 2. The number of carbonyl (C=O) groups is 8. The Labute approximate surface area is 552 Å². The molecule has 0 bridgehead atoms. The van der Waals surface area contributed by atoms with E-state index >= 15 is 0 Å². The average Bonchev–Trinajstić information content (AvgIpc) is 2.46. The van der Waals surface area contributed by atoms with Gasteiger partial charge < -0.3 is 121 Å². The molecular weight excluding hydrogens is 1250 g/mol. The van der Waals surface area contributed by atoms with E-state index in [4.69, 9.17) is 94.8 Å². The summed E-state index contributed by atoms with van der Waals surface area (Å²) in [5.41, 5.74) is -1.17. The Morgan fingerprint density at radius 3 is 0.840 bits per heavy atom. The van der Waals surface area contributed by atoms with E-state index < -0.39 is 23.3 Å². The first-order valence-electron chi connectivity index (χ1n) is 32.1. The van der Waals surface area contributed by atoms with Crippen LogP contribution in [-0.2, 0) is 133 Å². The summed E-state index contributed by atoms with van der Waals surface area (Å²) in [6.07, 6.45) is 0.979. The van der Waals surface area contributed by atoms with E-state index in [-0.39, 0.29) is 186 Å². The lowest BCUT2D eigenvalue weighted by molar-refractivity contribution is -0.197. The summed E-state index contributed by atoms with van der Waals surface area (Å²) in [4.78, 5) is 101. The normalized spacial score (nSPS) is 12.4. The minimum Gasteiger partial charge on any atom is -0.384 e. The van der Waals surface area contributed by atoms with E-state index in [9.17, 15) is 38.4 Å². The number of amides is 7. The topological polar surface area (TPSA) is 385 Å². The zero-order chi connectivity index (χ0) is 68.3. The van der Waals surface area contributed by atoms with Crippen LogP contribution in [0.3, 0.4) is 0 Å². The van der Waals surface area contributed by atoms with Crippen molar-refractivity contribution in [2.75, 3.05) is 279 Å². The van der Waals surface area contributed by atoms with Gasteiger partial charge in [0.05, 0.1) is 231 Å². The van der Waals surface area contributed by atoms with Gasteiger partial charge in [0, 0.05) is 98.9 Å².